The molecule has 2 aromatic rings. The van der Waals surface area contributed by atoms with Gasteiger partial charge in [0.05, 0.1) is 4.88 Å². The number of hydrogen-bond acceptors (Lipinski definition) is 2. The largest absolute Gasteiger partial charge is 0.321 e. The minimum atomic E-state index is 0.0173. The molecule has 1 atom stereocenters. The van der Waals surface area contributed by atoms with Crippen molar-refractivity contribution in [1.29, 1.82) is 0 Å². The van der Waals surface area contributed by atoms with Gasteiger partial charge in [0.25, 0.3) is 5.91 Å². The van der Waals surface area contributed by atoms with E-state index in [-0.39, 0.29) is 5.91 Å². The van der Waals surface area contributed by atoms with Gasteiger partial charge in [-0.3, -0.25) is 4.79 Å². The summed E-state index contributed by atoms with van der Waals surface area (Å²) in [5, 5.41) is 2.96. The number of aryl methyl sites for hydroxylation is 1. The van der Waals surface area contributed by atoms with Gasteiger partial charge in [-0.15, -0.1) is 11.3 Å². The highest BCUT2D eigenvalue weighted by Gasteiger charge is 2.21. The average Bonchev–Trinajstić information content (AvgIpc) is 2.91. The average molecular weight is 285 g/mol. The van der Waals surface area contributed by atoms with E-state index in [1.807, 2.05) is 30.3 Å². The zero-order chi connectivity index (χ0) is 13.9. The minimum absolute atomic E-state index is 0.0173. The van der Waals surface area contributed by atoms with Crippen molar-refractivity contribution in [2.75, 3.05) is 5.32 Å². The van der Waals surface area contributed by atoms with Crippen LogP contribution >= 0.6 is 11.3 Å². The quantitative estimate of drug-likeness (QED) is 0.883. The van der Waals surface area contributed by atoms with Crippen molar-refractivity contribution >= 4 is 22.9 Å². The summed E-state index contributed by atoms with van der Waals surface area (Å²) in [6, 6.07) is 11.7. The Morgan fingerprint density at radius 2 is 2.15 bits per heavy atom. The van der Waals surface area contributed by atoms with Crippen LogP contribution in [0, 0.1) is 5.92 Å². The van der Waals surface area contributed by atoms with Crippen molar-refractivity contribution in [3.05, 3.63) is 51.7 Å². The number of benzene rings is 1. The number of nitrogens with one attached hydrogen (secondary N) is 1. The van der Waals surface area contributed by atoms with E-state index in [0.29, 0.717) is 0 Å². The lowest BCUT2D eigenvalue weighted by Gasteiger charge is -2.19. The van der Waals surface area contributed by atoms with Crippen LogP contribution < -0.4 is 5.32 Å². The second-order valence-corrected chi connectivity index (χ2v) is 6.53. The van der Waals surface area contributed by atoms with Gasteiger partial charge in [-0.1, -0.05) is 31.5 Å². The molecule has 2 nitrogen and oxygen atoms in total. The number of amides is 1. The number of fused-ring (bicyclic) bond motifs is 1. The first-order chi connectivity index (χ1) is 9.76. The number of carbonyl (C=O) groups excluding carboxylic acids is 1. The highest BCUT2D eigenvalue weighted by molar-refractivity contribution is 7.14. The van der Waals surface area contributed by atoms with E-state index < -0.39 is 0 Å². The molecular formula is C17H19NOS. The molecule has 3 rings (SSSR count). The van der Waals surface area contributed by atoms with Crippen LogP contribution in [0.4, 0.5) is 5.69 Å². The van der Waals surface area contributed by atoms with Crippen molar-refractivity contribution in [1.82, 2.24) is 0 Å². The highest BCUT2D eigenvalue weighted by Crippen LogP contribution is 2.33. The van der Waals surface area contributed by atoms with Gasteiger partial charge in [0.2, 0.25) is 0 Å². The SMILES string of the molecule is CCC1CCc2sc(C(=O)Nc3ccccc3)cc2C1. The van der Waals surface area contributed by atoms with E-state index in [9.17, 15) is 4.79 Å². The minimum Gasteiger partial charge on any atom is -0.321 e. The standard InChI is InChI=1S/C17H19NOS/c1-2-12-8-9-15-13(10-12)11-16(20-15)17(19)18-14-6-4-3-5-7-14/h3-7,11-12H,2,8-10H2,1H3,(H,18,19). The zero-order valence-electron chi connectivity index (χ0n) is 11.7. The molecule has 0 spiro atoms. The normalized spacial score (nSPS) is 17.6. The maximum atomic E-state index is 12.3. The number of para-hydroxylation sites is 1. The fraction of sp³-hybridized carbons (Fsp3) is 0.353. The third-order valence-corrected chi connectivity index (χ3v) is 5.25. The molecule has 0 saturated carbocycles. The first-order valence-electron chi connectivity index (χ1n) is 7.24. The van der Waals surface area contributed by atoms with Crippen molar-refractivity contribution in [2.24, 2.45) is 5.92 Å². The van der Waals surface area contributed by atoms with E-state index in [1.165, 1.54) is 23.3 Å². The molecule has 1 heterocycles. The van der Waals surface area contributed by atoms with Gasteiger partial charge < -0.3 is 5.32 Å². The van der Waals surface area contributed by atoms with E-state index in [1.54, 1.807) is 11.3 Å². The van der Waals surface area contributed by atoms with Crippen LogP contribution in [-0.2, 0) is 12.8 Å². The van der Waals surface area contributed by atoms with Crippen LogP contribution in [-0.4, -0.2) is 5.91 Å². The molecule has 1 N–H and O–H groups in total. The summed E-state index contributed by atoms with van der Waals surface area (Å²) in [6.45, 7) is 2.26. The Morgan fingerprint density at radius 3 is 2.90 bits per heavy atom. The van der Waals surface area contributed by atoms with Gasteiger partial charge in [0.1, 0.15) is 0 Å². The number of carbonyl (C=O) groups is 1. The molecule has 104 valence electrons. The Morgan fingerprint density at radius 1 is 1.35 bits per heavy atom. The third-order valence-electron chi connectivity index (χ3n) is 4.02. The van der Waals surface area contributed by atoms with Crippen LogP contribution in [0.15, 0.2) is 36.4 Å². The summed E-state index contributed by atoms with van der Waals surface area (Å²) in [7, 11) is 0. The van der Waals surface area contributed by atoms with Gasteiger partial charge in [0, 0.05) is 10.6 Å². The van der Waals surface area contributed by atoms with E-state index >= 15 is 0 Å². The lowest BCUT2D eigenvalue weighted by molar-refractivity contribution is 0.103. The molecule has 0 radical (unpaired) electrons. The van der Waals surface area contributed by atoms with Crippen molar-refractivity contribution < 1.29 is 4.79 Å². The Labute approximate surface area is 123 Å². The summed E-state index contributed by atoms with van der Waals surface area (Å²) >= 11 is 1.66. The lowest BCUT2D eigenvalue weighted by atomic mass is 9.87. The maximum absolute atomic E-state index is 12.3. The Balaban J connectivity index is 1.75. The zero-order valence-corrected chi connectivity index (χ0v) is 12.5. The van der Waals surface area contributed by atoms with Crippen molar-refractivity contribution in [3.63, 3.8) is 0 Å². The fourth-order valence-electron chi connectivity index (χ4n) is 2.77. The second-order valence-electron chi connectivity index (χ2n) is 5.40. The first kappa shape index (κ1) is 13.4. The van der Waals surface area contributed by atoms with E-state index in [0.717, 1.165) is 29.3 Å². The van der Waals surface area contributed by atoms with Gasteiger partial charge in [-0.25, -0.2) is 0 Å². The number of thiophene rings is 1. The predicted molar refractivity (Wildman–Crippen MR) is 84.5 cm³/mol. The molecule has 0 bridgehead atoms. The Kier molecular flexibility index (Phi) is 3.88. The summed E-state index contributed by atoms with van der Waals surface area (Å²) in [4.78, 5) is 14.5. The van der Waals surface area contributed by atoms with Gasteiger partial charge in [-0.2, -0.15) is 0 Å². The molecule has 3 heteroatoms. The highest BCUT2D eigenvalue weighted by atomic mass is 32.1. The summed E-state index contributed by atoms with van der Waals surface area (Å²) in [5.74, 6) is 0.811. The number of rotatable bonds is 3. The predicted octanol–water partition coefficient (Wildman–Crippen LogP) is 4.52. The Hall–Kier alpha value is -1.61. The van der Waals surface area contributed by atoms with Crippen molar-refractivity contribution in [2.45, 2.75) is 32.6 Å². The van der Waals surface area contributed by atoms with Gasteiger partial charge >= 0.3 is 0 Å². The molecule has 1 aromatic heterocycles. The molecule has 1 aliphatic carbocycles. The number of hydrogen-bond donors (Lipinski definition) is 1. The second kappa shape index (κ2) is 5.80. The third kappa shape index (κ3) is 2.78. The number of anilines is 1. The van der Waals surface area contributed by atoms with Crippen LogP contribution in [0.2, 0.25) is 0 Å². The summed E-state index contributed by atoms with van der Waals surface area (Å²) in [5.41, 5.74) is 2.25. The molecule has 1 unspecified atom stereocenters. The van der Waals surface area contributed by atoms with Gasteiger partial charge in [-0.05, 0) is 48.9 Å². The van der Waals surface area contributed by atoms with Crippen molar-refractivity contribution in [3.8, 4) is 0 Å². The van der Waals surface area contributed by atoms with Crippen LogP contribution in [0.25, 0.3) is 0 Å². The first-order valence-corrected chi connectivity index (χ1v) is 8.06. The van der Waals surface area contributed by atoms with E-state index in [4.69, 9.17) is 0 Å². The van der Waals surface area contributed by atoms with E-state index in [2.05, 4.69) is 18.3 Å². The molecule has 0 saturated heterocycles. The monoisotopic (exact) mass is 285 g/mol. The summed E-state index contributed by atoms with van der Waals surface area (Å²) < 4.78 is 0. The molecule has 1 amide bonds. The van der Waals surface area contributed by atoms with Gasteiger partial charge in [0.15, 0.2) is 0 Å². The molecule has 20 heavy (non-hydrogen) atoms. The molecule has 0 aliphatic heterocycles. The molecule has 1 aromatic carbocycles. The van der Waals surface area contributed by atoms with Crippen LogP contribution in [0.5, 0.6) is 0 Å². The Bertz CT molecular complexity index is 603. The fourth-order valence-corrected chi connectivity index (χ4v) is 3.88. The molecule has 0 fully saturated rings. The topological polar surface area (TPSA) is 29.1 Å². The smallest absolute Gasteiger partial charge is 0.265 e. The maximum Gasteiger partial charge on any atom is 0.265 e. The van der Waals surface area contributed by atoms with Crippen LogP contribution in [0.1, 0.15) is 39.9 Å². The molecular weight excluding hydrogens is 266 g/mol. The lowest BCUT2D eigenvalue weighted by Crippen LogP contribution is -2.11. The summed E-state index contributed by atoms with van der Waals surface area (Å²) in [6.07, 6.45) is 4.78. The van der Waals surface area contributed by atoms with Crippen LogP contribution in [0.3, 0.4) is 0 Å². The molecule has 1 aliphatic rings.